The molecule has 0 aliphatic carbocycles. The van der Waals surface area contributed by atoms with Gasteiger partial charge in [0.15, 0.2) is 28.9 Å². The number of hydrogen-bond donors (Lipinski definition) is 0. The maximum Gasteiger partial charge on any atom is 0.295 e. The van der Waals surface area contributed by atoms with Crippen molar-refractivity contribution in [2.24, 2.45) is 7.05 Å². The van der Waals surface area contributed by atoms with Crippen LogP contribution in [0.15, 0.2) is 297 Å². The number of aromatic nitrogens is 4. The second kappa shape index (κ2) is 32.7. The fraction of sp³-hybridized carbons (Fsp3) is 0.215. The van der Waals surface area contributed by atoms with Crippen molar-refractivity contribution in [2.75, 3.05) is 60.3 Å². The van der Waals surface area contributed by atoms with E-state index in [4.69, 9.17) is 4.74 Å². The van der Waals surface area contributed by atoms with E-state index in [1.165, 1.54) is 113 Å². The highest BCUT2D eigenvalue weighted by Crippen LogP contribution is 2.47. The Kier molecular flexibility index (Phi) is 22.5. The van der Waals surface area contributed by atoms with Crippen molar-refractivity contribution >= 4 is 91.3 Å². The molecular formula is C93H99N12OS+. The molecule has 107 heavy (non-hydrogen) atoms. The van der Waals surface area contributed by atoms with Gasteiger partial charge in [-0.3, -0.25) is 0 Å². The number of thioether (sulfide) groups is 1. The maximum absolute atomic E-state index is 5.85. The lowest BCUT2D eigenvalue weighted by Gasteiger charge is -2.28. The first-order valence-electron chi connectivity index (χ1n) is 37.0. The van der Waals surface area contributed by atoms with Gasteiger partial charge in [0.2, 0.25) is 0 Å². The molecule has 0 radical (unpaired) electrons. The molecule has 0 bridgehead atoms. The summed E-state index contributed by atoms with van der Waals surface area (Å²) >= 11 is 1.85. The van der Waals surface area contributed by atoms with Gasteiger partial charge in [-0.05, 0) is 224 Å². The number of rotatable bonds is 7. The summed E-state index contributed by atoms with van der Waals surface area (Å²) in [6.07, 6.45) is 6.83. The summed E-state index contributed by atoms with van der Waals surface area (Å²) in [5.74, 6) is 4.26. The van der Waals surface area contributed by atoms with Crippen LogP contribution in [-0.4, -0.2) is 65.8 Å². The van der Waals surface area contributed by atoms with Gasteiger partial charge in [0.25, 0.3) is 5.82 Å². The molecule has 5 aliphatic rings. The lowest BCUT2D eigenvalue weighted by molar-refractivity contribution is -0.633. The molecular weight excluding hydrogens is 1330 g/mol. The van der Waals surface area contributed by atoms with Crippen LogP contribution in [0.2, 0.25) is 0 Å². The van der Waals surface area contributed by atoms with Crippen LogP contribution < -0.4 is 48.5 Å². The topological polar surface area (TPSA) is 69.7 Å². The molecule has 8 heterocycles. The highest BCUT2D eigenvalue weighted by Gasteiger charge is 2.36. The summed E-state index contributed by atoms with van der Waals surface area (Å²) in [5, 5.41) is 2.68. The Morgan fingerprint density at radius 3 is 1.33 bits per heavy atom. The third-order valence-corrected chi connectivity index (χ3v) is 21.9. The summed E-state index contributed by atoms with van der Waals surface area (Å²) < 4.78 is 10.5. The molecule has 0 saturated heterocycles. The van der Waals surface area contributed by atoms with Crippen molar-refractivity contribution in [2.45, 2.75) is 106 Å². The van der Waals surface area contributed by atoms with E-state index in [-0.39, 0.29) is 18.6 Å². The Balaban J connectivity index is 0.000000114. The number of anilines is 12. The number of para-hydroxylation sites is 12. The number of nitrogens with zero attached hydrogens (tertiary/aromatic N) is 12. The fourth-order valence-electron chi connectivity index (χ4n) is 15.0. The molecule has 10 aromatic carbocycles. The van der Waals surface area contributed by atoms with Gasteiger partial charge in [0.05, 0.1) is 46.4 Å². The largest absolute Gasteiger partial charge is 0.468 e. The molecule has 3 aromatic heterocycles. The monoisotopic (exact) mass is 1430 g/mol. The molecule has 5 atom stereocenters. The lowest BCUT2D eigenvalue weighted by Crippen LogP contribution is -2.36. The molecule has 0 fully saturated rings. The molecule has 0 amide bonds. The van der Waals surface area contributed by atoms with E-state index in [0.717, 1.165) is 23.1 Å². The third kappa shape index (κ3) is 15.0. The maximum atomic E-state index is 5.85. The summed E-state index contributed by atoms with van der Waals surface area (Å²) in [4.78, 5) is 27.4. The molecule has 18 rings (SSSR count). The minimum absolute atomic E-state index is 0.0495. The second-order valence-corrected chi connectivity index (χ2v) is 29.0. The summed E-state index contributed by atoms with van der Waals surface area (Å²) in [7, 11) is 8.50. The summed E-state index contributed by atoms with van der Waals surface area (Å²) in [6.45, 7) is 23.9. The van der Waals surface area contributed by atoms with Crippen LogP contribution in [0.3, 0.4) is 0 Å². The normalized spacial score (nSPS) is 16.9. The minimum Gasteiger partial charge on any atom is -0.468 e. The first-order valence-corrected chi connectivity index (χ1v) is 38.0. The first-order chi connectivity index (χ1) is 51.9. The Labute approximate surface area is 638 Å². The van der Waals surface area contributed by atoms with Gasteiger partial charge in [-0.25, -0.2) is 14.5 Å². The first kappa shape index (κ1) is 73.6. The zero-order valence-corrected chi connectivity index (χ0v) is 65.2. The van der Waals surface area contributed by atoms with E-state index in [0.29, 0.717) is 11.5 Å². The second-order valence-electron chi connectivity index (χ2n) is 27.8. The molecule has 5 aliphatic heterocycles. The van der Waals surface area contributed by atoms with Crippen LogP contribution in [-0.2, 0) is 7.05 Å². The number of ether oxygens (including phenoxy) is 1. The van der Waals surface area contributed by atoms with Crippen LogP contribution in [0.4, 0.5) is 68.5 Å². The Morgan fingerprint density at radius 2 is 0.766 bits per heavy atom. The van der Waals surface area contributed by atoms with Gasteiger partial charge in [-0.1, -0.05) is 164 Å². The number of pyridine rings is 2. The van der Waals surface area contributed by atoms with Gasteiger partial charge in [-0.2, -0.15) is 4.57 Å². The molecule has 13 aromatic rings. The summed E-state index contributed by atoms with van der Waals surface area (Å²) in [6, 6.07) is 95.1. The quantitative estimate of drug-likeness (QED) is 0.143. The Morgan fingerprint density at radius 1 is 0.355 bits per heavy atom. The van der Waals surface area contributed by atoms with Crippen LogP contribution in [0.25, 0.3) is 28.1 Å². The SMILES string of the molecule is Cc1ccccc1-c1n(-c2ccccc2)c2ccccc2[n+]1C.Cc1ccccc1N1C=CS[C@@H]1C.Cc1ccccc1N1c2ccccc2N(C)[C@@H]1C.Cc1ccccc1N1c2ccccc2O[C@@H]1C.Cc1ccccc1N1c2cccnc2N(C)[C@@H]1C.Cc1ccccc1N1c2ncccc2N(C)[C@@H]1C. The van der Waals surface area contributed by atoms with E-state index in [1.807, 2.05) is 54.5 Å². The minimum atomic E-state index is 0.0495. The molecule has 0 unspecified atom stereocenters. The van der Waals surface area contributed by atoms with Gasteiger partial charge in [-0.15, -0.1) is 11.8 Å². The Hall–Kier alpha value is -11.7. The van der Waals surface area contributed by atoms with Crippen molar-refractivity contribution in [3.8, 4) is 22.8 Å². The standard InChI is InChI=1S/C21H19N2.C16H18N2.2C15H17N3.C15H15NO.C11H13NS/c1-16-10-6-7-13-18(16)21-22(2)19-14-8-9-15-20(19)23(21)17-11-4-3-5-12-17;1-12-8-4-5-9-14(12)18-13(2)17(3)15-10-6-7-11-16(15)18;1-11-7-4-5-8-13(11)18-12(2)17(3)15-14(18)9-6-10-16-15;1-11-7-4-5-8-13(11)18-12(2)17(3)14-9-6-10-16-15(14)18;1-11-7-3-4-8-13(11)16-12(2)17-15-10-6-5-9-14(15)16;1-9-5-3-4-6-11(9)12-7-8-13-10(12)2/h3-15H,1-2H3;4-11,13H,1-3H3;2*4-10,12H,1-3H3;3-10,12H,1-2H3;3-8,10H,1-2H3/q+1;;;;;/t;13-;3*12-;10-/m.00011/s1. The highest BCUT2D eigenvalue weighted by molar-refractivity contribution is 8.03. The molecule has 14 heteroatoms. The summed E-state index contributed by atoms with van der Waals surface area (Å²) in [5.41, 5.74) is 25.1. The molecule has 13 nitrogen and oxygen atoms in total. The van der Waals surface area contributed by atoms with Crippen molar-refractivity contribution < 1.29 is 9.30 Å². The van der Waals surface area contributed by atoms with Crippen LogP contribution in [0, 0.1) is 41.5 Å². The number of aryl methyl sites for hydroxylation is 7. The van der Waals surface area contributed by atoms with Crippen molar-refractivity contribution in [1.82, 2.24) is 14.5 Å². The Bertz CT molecular complexity index is 5000. The van der Waals surface area contributed by atoms with E-state index >= 15 is 0 Å². The van der Waals surface area contributed by atoms with Crippen LogP contribution in [0.1, 0.15) is 68.0 Å². The van der Waals surface area contributed by atoms with Gasteiger partial charge in [0.1, 0.15) is 29.9 Å². The van der Waals surface area contributed by atoms with Crippen molar-refractivity contribution in [1.29, 1.82) is 0 Å². The molecule has 0 spiro atoms. The van der Waals surface area contributed by atoms with E-state index in [9.17, 15) is 0 Å². The van der Waals surface area contributed by atoms with Gasteiger partial charge >= 0.3 is 0 Å². The molecule has 0 N–H and O–H groups in total. The van der Waals surface area contributed by atoms with E-state index in [2.05, 4.69) is 417 Å². The fourth-order valence-corrected chi connectivity index (χ4v) is 15.7. The van der Waals surface area contributed by atoms with E-state index in [1.54, 1.807) is 0 Å². The van der Waals surface area contributed by atoms with Crippen molar-refractivity contribution in [3.63, 3.8) is 0 Å². The highest BCUT2D eigenvalue weighted by atomic mass is 32.2. The number of imidazole rings is 1. The zero-order valence-electron chi connectivity index (χ0n) is 64.4. The number of fused-ring (bicyclic) bond motifs is 5. The average Bonchev–Trinajstić information content (AvgIpc) is 1.75. The number of benzene rings is 10. The smallest absolute Gasteiger partial charge is 0.295 e. The third-order valence-electron chi connectivity index (χ3n) is 21.0. The zero-order chi connectivity index (χ0) is 75.0. The molecule has 542 valence electrons. The van der Waals surface area contributed by atoms with Crippen LogP contribution >= 0.6 is 11.8 Å². The van der Waals surface area contributed by atoms with Gasteiger partial charge < -0.3 is 43.9 Å². The predicted molar refractivity (Wildman–Crippen MR) is 453 cm³/mol. The lowest BCUT2D eigenvalue weighted by atomic mass is 10.1. The van der Waals surface area contributed by atoms with E-state index < -0.39 is 0 Å². The average molecular weight is 1430 g/mol. The van der Waals surface area contributed by atoms with Crippen molar-refractivity contribution in [3.05, 3.63) is 330 Å². The number of hydrogen-bond acceptors (Lipinski definition) is 12. The molecule has 0 saturated carbocycles. The predicted octanol–water partition coefficient (Wildman–Crippen LogP) is 22.2. The van der Waals surface area contributed by atoms with Gasteiger partial charge in [0, 0.05) is 68.2 Å². The van der Waals surface area contributed by atoms with Crippen LogP contribution in [0.5, 0.6) is 5.75 Å².